The standard InChI is InChI=1S/C14H13BrF3NS/c1-3-19-13(10-6-7(2)14(15)20-10)8-4-5-9(16)12(18)11(8)17/h4-6,13,19H,3H2,1-2H3. The SMILES string of the molecule is CCNC(c1cc(C)c(Br)s1)c1ccc(F)c(F)c1F. The summed E-state index contributed by atoms with van der Waals surface area (Å²) in [7, 11) is 0. The number of halogens is 4. The number of hydrogen-bond acceptors (Lipinski definition) is 2. The third kappa shape index (κ3) is 2.92. The van der Waals surface area contributed by atoms with Gasteiger partial charge in [-0.15, -0.1) is 11.3 Å². The molecule has 1 heterocycles. The van der Waals surface area contributed by atoms with Crippen molar-refractivity contribution in [2.45, 2.75) is 19.9 Å². The molecule has 0 saturated carbocycles. The van der Waals surface area contributed by atoms with Crippen molar-refractivity contribution in [3.63, 3.8) is 0 Å². The van der Waals surface area contributed by atoms with Crippen LogP contribution >= 0.6 is 27.3 Å². The van der Waals surface area contributed by atoms with Crippen LogP contribution in [0.2, 0.25) is 0 Å². The zero-order valence-electron chi connectivity index (χ0n) is 10.9. The zero-order valence-corrected chi connectivity index (χ0v) is 13.3. The maximum absolute atomic E-state index is 14.0. The second-order valence-corrected chi connectivity index (χ2v) is 6.76. The van der Waals surface area contributed by atoms with E-state index in [0.717, 1.165) is 20.3 Å². The fourth-order valence-electron chi connectivity index (χ4n) is 1.96. The summed E-state index contributed by atoms with van der Waals surface area (Å²) in [6.45, 7) is 4.38. The van der Waals surface area contributed by atoms with Crippen molar-refractivity contribution in [2.75, 3.05) is 6.54 Å². The minimum atomic E-state index is -1.43. The number of rotatable bonds is 4. The Morgan fingerprint density at radius 2 is 1.95 bits per heavy atom. The molecule has 0 radical (unpaired) electrons. The van der Waals surface area contributed by atoms with Crippen molar-refractivity contribution in [3.05, 3.63) is 55.4 Å². The van der Waals surface area contributed by atoms with E-state index in [4.69, 9.17) is 0 Å². The van der Waals surface area contributed by atoms with Crippen molar-refractivity contribution in [1.29, 1.82) is 0 Å². The summed E-state index contributed by atoms with van der Waals surface area (Å²) in [5.74, 6) is -3.75. The lowest BCUT2D eigenvalue weighted by molar-refractivity contribution is 0.434. The van der Waals surface area contributed by atoms with Gasteiger partial charge < -0.3 is 5.32 Å². The molecule has 0 aliphatic carbocycles. The van der Waals surface area contributed by atoms with Crippen molar-refractivity contribution in [2.24, 2.45) is 0 Å². The molecule has 2 aromatic rings. The minimum Gasteiger partial charge on any atom is -0.306 e. The monoisotopic (exact) mass is 363 g/mol. The molecule has 1 nitrogen and oxygen atoms in total. The lowest BCUT2D eigenvalue weighted by atomic mass is 10.0. The van der Waals surface area contributed by atoms with Crippen LogP contribution < -0.4 is 5.32 Å². The van der Waals surface area contributed by atoms with E-state index >= 15 is 0 Å². The van der Waals surface area contributed by atoms with E-state index in [1.807, 2.05) is 19.9 Å². The topological polar surface area (TPSA) is 12.0 Å². The highest BCUT2D eigenvalue weighted by Crippen LogP contribution is 2.35. The molecule has 1 N–H and O–H groups in total. The molecule has 108 valence electrons. The lowest BCUT2D eigenvalue weighted by Crippen LogP contribution is -2.22. The predicted octanol–water partition coefficient (Wildman–Crippen LogP) is 4.94. The number of nitrogens with one attached hydrogen (secondary N) is 1. The van der Waals surface area contributed by atoms with Gasteiger partial charge in [-0.3, -0.25) is 0 Å². The lowest BCUT2D eigenvalue weighted by Gasteiger charge is -2.18. The number of benzene rings is 1. The van der Waals surface area contributed by atoms with Gasteiger partial charge in [0.05, 0.1) is 9.83 Å². The first-order valence-corrected chi connectivity index (χ1v) is 7.69. The minimum absolute atomic E-state index is 0.111. The van der Waals surface area contributed by atoms with E-state index < -0.39 is 23.5 Å². The molecule has 20 heavy (non-hydrogen) atoms. The van der Waals surface area contributed by atoms with Crippen LogP contribution in [0.15, 0.2) is 22.0 Å². The van der Waals surface area contributed by atoms with Crippen LogP contribution in [0.3, 0.4) is 0 Å². The molecular weight excluding hydrogens is 351 g/mol. The van der Waals surface area contributed by atoms with Gasteiger partial charge in [-0.05, 0) is 47.1 Å². The molecule has 1 unspecified atom stereocenters. The van der Waals surface area contributed by atoms with Crippen LogP contribution in [0.4, 0.5) is 13.2 Å². The Bertz CT molecular complexity index is 608. The van der Waals surface area contributed by atoms with E-state index in [2.05, 4.69) is 21.2 Å². The number of hydrogen-bond donors (Lipinski definition) is 1. The first-order valence-electron chi connectivity index (χ1n) is 6.08. The van der Waals surface area contributed by atoms with E-state index in [-0.39, 0.29) is 5.56 Å². The third-order valence-corrected chi connectivity index (χ3v) is 5.15. The molecule has 6 heteroatoms. The van der Waals surface area contributed by atoms with E-state index in [0.29, 0.717) is 6.54 Å². The molecular formula is C14H13BrF3NS. The average Bonchev–Trinajstić information content (AvgIpc) is 2.74. The fourth-order valence-corrected chi connectivity index (χ4v) is 3.62. The fraction of sp³-hybridized carbons (Fsp3) is 0.286. The molecule has 1 aromatic heterocycles. The molecule has 1 aromatic carbocycles. The first kappa shape index (κ1) is 15.5. The second-order valence-electron chi connectivity index (χ2n) is 4.36. The van der Waals surface area contributed by atoms with Gasteiger partial charge >= 0.3 is 0 Å². The smallest absolute Gasteiger partial charge is 0.194 e. The molecule has 0 aliphatic heterocycles. The van der Waals surface area contributed by atoms with Crippen LogP contribution in [0.1, 0.15) is 29.0 Å². The van der Waals surface area contributed by atoms with E-state index in [1.165, 1.54) is 17.4 Å². The molecule has 0 spiro atoms. The van der Waals surface area contributed by atoms with Gasteiger partial charge in [0, 0.05) is 10.4 Å². The maximum atomic E-state index is 14.0. The van der Waals surface area contributed by atoms with Crippen molar-refractivity contribution in [1.82, 2.24) is 5.32 Å². The number of thiophene rings is 1. The Balaban J connectivity index is 2.51. The van der Waals surface area contributed by atoms with Crippen LogP contribution in [-0.4, -0.2) is 6.54 Å². The Morgan fingerprint density at radius 3 is 2.50 bits per heavy atom. The Kier molecular flexibility index (Phi) is 4.88. The van der Waals surface area contributed by atoms with Gasteiger partial charge in [0.15, 0.2) is 17.5 Å². The first-order chi connectivity index (χ1) is 9.45. The zero-order chi connectivity index (χ0) is 14.9. The summed E-state index contributed by atoms with van der Waals surface area (Å²) >= 11 is 4.86. The van der Waals surface area contributed by atoms with Crippen LogP contribution in [0, 0.1) is 24.4 Å². The highest BCUT2D eigenvalue weighted by molar-refractivity contribution is 9.11. The highest BCUT2D eigenvalue weighted by Gasteiger charge is 2.23. The molecule has 0 fully saturated rings. The van der Waals surface area contributed by atoms with Gasteiger partial charge in [-0.25, -0.2) is 13.2 Å². The second kappa shape index (κ2) is 6.28. The average molecular weight is 364 g/mol. The van der Waals surface area contributed by atoms with Crippen molar-refractivity contribution >= 4 is 27.3 Å². The summed E-state index contributed by atoms with van der Waals surface area (Å²) in [6, 6.07) is 3.64. The normalized spacial score (nSPS) is 12.7. The maximum Gasteiger partial charge on any atom is 0.194 e. The number of aryl methyl sites for hydroxylation is 1. The van der Waals surface area contributed by atoms with Crippen molar-refractivity contribution < 1.29 is 13.2 Å². The third-order valence-electron chi connectivity index (χ3n) is 2.95. The van der Waals surface area contributed by atoms with Crippen LogP contribution in [0.5, 0.6) is 0 Å². The van der Waals surface area contributed by atoms with Gasteiger partial charge in [0.25, 0.3) is 0 Å². The summed E-state index contributed by atoms with van der Waals surface area (Å²) in [6.07, 6.45) is 0. The molecule has 0 saturated heterocycles. The van der Waals surface area contributed by atoms with E-state index in [9.17, 15) is 13.2 Å². The largest absolute Gasteiger partial charge is 0.306 e. The quantitative estimate of drug-likeness (QED) is 0.759. The molecule has 2 rings (SSSR count). The molecule has 0 bridgehead atoms. The van der Waals surface area contributed by atoms with Gasteiger partial charge in [-0.2, -0.15) is 0 Å². The van der Waals surface area contributed by atoms with Gasteiger partial charge in [0.2, 0.25) is 0 Å². The summed E-state index contributed by atoms with van der Waals surface area (Å²) in [5.41, 5.74) is 1.13. The Morgan fingerprint density at radius 1 is 1.25 bits per heavy atom. The molecule has 0 aliphatic rings. The highest BCUT2D eigenvalue weighted by atomic mass is 79.9. The molecule has 0 amide bonds. The van der Waals surface area contributed by atoms with E-state index in [1.54, 1.807) is 0 Å². The van der Waals surface area contributed by atoms with Crippen LogP contribution in [0.25, 0.3) is 0 Å². The Hall–Kier alpha value is -0.850. The summed E-state index contributed by atoms with van der Waals surface area (Å²) in [4.78, 5) is 0.848. The Labute approximate surface area is 128 Å². The van der Waals surface area contributed by atoms with Crippen molar-refractivity contribution in [3.8, 4) is 0 Å². The molecule has 1 atom stereocenters. The summed E-state index contributed by atoms with van der Waals surface area (Å²) < 4.78 is 41.4. The van der Waals surface area contributed by atoms with Gasteiger partial charge in [-0.1, -0.05) is 13.0 Å². The van der Waals surface area contributed by atoms with Crippen LogP contribution in [-0.2, 0) is 0 Å². The van der Waals surface area contributed by atoms with Gasteiger partial charge in [0.1, 0.15) is 0 Å². The predicted molar refractivity (Wildman–Crippen MR) is 78.6 cm³/mol. The summed E-state index contributed by atoms with van der Waals surface area (Å²) in [5, 5.41) is 3.10.